The van der Waals surface area contributed by atoms with E-state index in [0.29, 0.717) is 13.0 Å². The molecule has 0 aromatic rings. The van der Waals surface area contributed by atoms with Gasteiger partial charge in [0.15, 0.2) is 5.96 Å². The van der Waals surface area contributed by atoms with Crippen molar-refractivity contribution in [3.63, 3.8) is 0 Å². The summed E-state index contributed by atoms with van der Waals surface area (Å²) in [7, 11) is 0. The monoisotopic (exact) mass is 202 g/mol. The molecule has 5 heteroatoms. The van der Waals surface area contributed by atoms with Crippen molar-refractivity contribution in [2.75, 3.05) is 20.1 Å². The van der Waals surface area contributed by atoms with E-state index in [2.05, 4.69) is 16.9 Å². The summed E-state index contributed by atoms with van der Waals surface area (Å²) < 4.78 is 25.2. The van der Waals surface area contributed by atoms with Crippen LogP contribution in [0.15, 0.2) is 17.6 Å². The number of aliphatic imine (C=N–C) groups is 1. The maximum atomic E-state index is 11.1. The number of carbonyl (C=O) groups is 1. The number of allylic oxidation sites excluding steroid dienone is 1. The number of guanidine groups is 1. The lowest BCUT2D eigenvalue weighted by molar-refractivity contribution is -0.142. The van der Waals surface area contributed by atoms with Crippen molar-refractivity contribution in [1.29, 1.82) is 0 Å². The first kappa shape index (κ1) is 7.84. The average molecular weight is 202 g/mol. The number of carbonyl (C=O) groups excluding carboxylic acids is 1. The molecular weight excluding hydrogens is 182 g/mol. The fourth-order valence-electron chi connectivity index (χ4n) is 0.667. The Hall–Kier alpha value is -1.52. The number of hydrogen-bond acceptors (Lipinski definition) is 3. The fraction of sp³-hybridized carbons (Fsp3) is 0.556. The van der Waals surface area contributed by atoms with Gasteiger partial charge >= 0.3 is 5.97 Å². The number of rotatable bonds is 6. The van der Waals surface area contributed by atoms with E-state index in [9.17, 15) is 4.79 Å². The highest BCUT2D eigenvalue weighted by Gasteiger charge is 2.01. The van der Waals surface area contributed by atoms with Crippen LogP contribution in [0.2, 0.25) is 0 Å². The molecule has 0 spiro atoms. The van der Waals surface area contributed by atoms with E-state index in [1.807, 2.05) is 0 Å². The molecular formula is C9H17N3O2. The van der Waals surface area contributed by atoms with Gasteiger partial charge < -0.3 is 15.8 Å². The van der Waals surface area contributed by atoms with Crippen LogP contribution in [-0.2, 0) is 9.53 Å². The fourth-order valence-corrected chi connectivity index (χ4v) is 0.667. The molecule has 0 atom stereocenters. The Kier molecular flexibility index (Phi) is 4.54. The van der Waals surface area contributed by atoms with Crippen molar-refractivity contribution in [2.24, 2.45) is 10.7 Å². The van der Waals surface area contributed by atoms with Gasteiger partial charge in [0.1, 0.15) is 6.54 Å². The molecule has 0 rings (SSSR count). The quantitative estimate of drug-likeness (QED) is 0.209. The van der Waals surface area contributed by atoms with Crippen LogP contribution in [0.3, 0.4) is 0 Å². The molecule has 14 heavy (non-hydrogen) atoms. The molecule has 0 aromatic carbocycles. The number of ether oxygens (including phenoxy) is 1. The summed E-state index contributed by atoms with van der Waals surface area (Å²) in [6, 6.07) is 0. The van der Waals surface area contributed by atoms with Gasteiger partial charge in [0.2, 0.25) is 0 Å². The summed E-state index contributed by atoms with van der Waals surface area (Å²) in [5.74, 6) is -0.828. The van der Waals surface area contributed by atoms with Crippen LogP contribution in [0.1, 0.15) is 17.0 Å². The number of nitrogens with one attached hydrogen (secondary N) is 1. The predicted molar refractivity (Wildman–Crippen MR) is 55.9 cm³/mol. The molecule has 0 aliphatic rings. The second-order valence-electron chi connectivity index (χ2n) is 2.50. The molecule has 3 N–H and O–H groups in total. The maximum absolute atomic E-state index is 11.1. The average Bonchev–Trinajstić information content (AvgIpc) is 2.19. The van der Waals surface area contributed by atoms with E-state index >= 15 is 0 Å². The molecule has 5 nitrogen and oxygen atoms in total. The zero-order chi connectivity index (χ0) is 13.3. The van der Waals surface area contributed by atoms with E-state index in [-0.39, 0.29) is 12.5 Å². The van der Waals surface area contributed by atoms with Crippen molar-refractivity contribution < 1.29 is 13.6 Å². The van der Waals surface area contributed by atoms with Crippen LogP contribution in [-0.4, -0.2) is 32.1 Å². The number of nitrogens with zero attached hydrogens (tertiary/aromatic N) is 1. The molecule has 0 saturated heterocycles. The summed E-state index contributed by atoms with van der Waals surface area (Å²) in [5, 5.41) is 2.35. The third kappa shape index (κ3) is 7.15. The minimum atomic E-state index is -2.51. The topological polar surface area (TPSA) is 76.7 Å². The Labute approximate surface area is 88.2 Å². The Morgan fingerprint density at radius 2 is 2.64 bits per heavy atom. The van der Waals surface area contributed by atoms with Gasteiger partial charge in [-0.1, -0.05) is 6.08 Å². The van der Waals surface area contributed by atoms with Crippen molar-refractivity contribution in [3.8, 4) is 0 Å². The second kappa shape index (κ2) is 8.10. The van der Waals surface area contributed by atoms with E-state index < -0.39 is 12.9 Å². The summed E-state index contributed by atoms with van der Waals surface area (Å²) in [6.07, 6.45) is 3.20. The minimum Gasteiger partial charge on any atom is -0.464 e. The third-order valence-corrected chi connectivity index (χ3v) is 1.35. The lowest BCUT2D eigenvalue weighted by Gasteiger charge is -2.05. The molecule has 0 aliphatic heterocycles. The van der Waals surface area contributed by atoms with Gasteiger partial charge in [-0.3, -0.25) is 9.79 Å². The molecule has 0 heterocycles. The highest BCUT2D eigenvalue weighted by molar-refractivity contribution is 5.82. The van der Waals surface area contributed by atoms with E-state index in [1.54, 1.807) is 6.08 Å². The first-order chi connectivity index (χ1) is 7.85. The van der Waals surface area contributed by atoms with Gasteiger partial charge in [-0.15, -0.1) is 6.58 Å². The van der Waals surface area contributed by atoms with Crippen LogP contribution >= 0.6 is 0 Å². The van der Waals surface area contributed by atoms with Crippen molar-refractivity contribution in [2.45, 2.75) is 12.8 Å². The van der Waals surface area contributed by atoms with Crippen LogP contribution in [0, 0.1) is 0 Å². The van der Waals surface area contributed by atoms with Crippen LogP contribution in [0.25, 0.3) is 0 Å². The number of nitrogens with two attached hydrogens (primary N) is 1. The molecule has 0 radical (unpaired) electrons. The SMILES string of the molecule is [2H]C([2H])([2H])N=C(N)NCC(=O)OCCCC=C. The summed E-state index contributed by atoms with van der Waals surface area (Å²) >= 11 is 0. The van der Waals surface area contributed by atoms with Gasteiger partial charge in [0.25, 0.3) is 0 Å². The highest BCUT2D eigenvalue weighted by Crippen LogP contribution is 1.90. The zero-order valence-electron chi connectivity index (χ0n) is 11.0. The van der Waals surface area contributed by atoms with Crippen LogP contribution in [0.5, 0.6) is 0 Å². The van der Waals surface area contributed by atoms with Crippen molar-refractivity contribution in [3.05, 3.63) is 12.7 Å². The molecule has 0 aromatic heterocycles. The van der Waals surface area contributed by atoms with Gasteiger partial charge in [-0.2, -0.15) is 0 Å². The second-order valence-corrected chi connectivity index (χ2v) is 2.50. The summed E-state index contributed by atoms with van der Waals surface area (Å²) in [5.41, 5.74) is 5.24. The van der Waals surface area contributed by atoms with Gasteiger partial charge in [-0.05, 0) is 12.8 Å². The molecule has 0 saturated carbocycles. The van der Waals surface area contributed by atoms with Crippen molar-refractivity contribution in [1.82, 2.24) is 5.32 Å². The molecule has 0 unspecified atom stereocenters. The number of hydrogen-bond donors (Lipinski definition) is 2. The number of unbranched alkanes of at least 4 members (excludes halogenated alkanes) is 1. The Bertz CT molecular complexity index is 290. The third-order valence-electron chi connectivity index (χ3n) is 1.35. The summed E-state index contributed by atoms with van der Waals surface area (Å²) in [6.45, 7) is 1.11. The highest BCUT2D eigenvalue weighted by atomic mass is 16.5. The first-order valence-corrected chi connectivity index (χ1v) is 4.21. The lowest BCUT2D eigenvalue weighted by Crippen LogP contribution is -2.36. The Morgan fingerprint density at radius 3 is 3.29 bits per heavy atom. The molecule has 0 bridgehead atoms. The van der Waals surface area contributed by atoms with E-state index in [4.69, 9.17) is 14.6 Å². The van der Waals surface area contributed by atoms with Gasteiger partial charge in [0, 0.05) is 11.1 Å². The molecule has 0 aliphatic carbocycles. The largest absolute Gasteiger partial charge is 0.464 e. The van der Waals surface area contributed by atoms with E-state index in [1.165, 1.54) is 0 Å². The Morgan fingerprint density at radius 1 is 1.86 bits per heavy atom. The number of esters is 1. The zero-order valence-corrected chi connectivity index (χ0v) is 7.95. The smallest absolute Gasteiger partial charge is 0.325 e. The van der Waals surface area contributed by atoms with Gasteiger partial charge in [0.05, 0.1) is 6.61 Å². The normalized spacial score (nSPS) is 14.9. The van der Waals surface area contributed by atoms with Crippen LogP contribution in [0.4, 0.5) is 0 Å². The predicted octanol–water partition coefficient (Wildman–Crippen LogP) is 0.0299. The lowest BCUT2D eigenvalue weighted by atomic mass is 10.3. The summed E-state index contributed by atoms with van der Waals surface area (Å²) in [4.78, 5) is 14.3. The molecule has 80 valence electrons. The molecule has 0 amide bonds. The van der Waals surface area contributed by atoms with E-state index in [0.717, 1.165) is 6.42 Å². The van der Waals surface area contributed by atoms with Crippen molar-refractivity contribution >= 4 is 11.9 Å². The van der Waals surface area contributed by atoms with Crippen LogP contribution < -0.4 is 11.1 Å². The maximum Gasteiger partial charge on any atom is 0.325 e. The minimum absolute atomic E-state index is 0.209. The Balaban J connectivity index is 3.77. The van der Waals surface area contributed by atoms with Gasteiger partial charge in [-0.25, -0.2) is 0 Å². The molecule has 0 fully saturated rings. The standard InChI is InChI=1S/C9H17N3O2/c1-3-4-5-6-14-8(13)7-12-9(10)11-2/h3H,1,4-7H2,2H3,(H3,10,11,12)/i2D3. The first-order valence-electron chi connectivity index (χ1n) is 5.71.